The number of aryl methyl sites for hydroxylation is 1. The summed E-state index contributed by atoms with van der Waals surface area (Å²) in [7, 11) is 3.97. The van der Waals surface area contributed by atoms with Crippen LogP contribution in [0.15, 0.2) is 12.4 Å². The first-order valence-electron chi connectivity index (χ1n) is 5.33. The van der Waals surface area contributed by atoms with Gasteiger partial charge in [-0.25, -0.2) is 0 Å². The lowest BCUT2D eigenvalue weighted by atomic mass is 9.96. The van der Waals surface area contributed by atoms with Gasteiger partial charge in [0.1, 0.15) is 0 Å². The molecule has 0 saturated heterocycles. The minimum absolute atomic E-state index is 0.443. The minimum atomic E-state index is 0.443. The molecular weight excluding hydrogens is 174 g/mol. The lowest BCUT2D eigenvalue weighted by Crippen LogP contribution is -2.18. The molecule has 1 rings (SSSR count). The number of rotatable bonds is 5. The van der Waals surface area contributed by atoms with Gasteiger partial charge < -0.3 is 5.32 Å². The maximum Gasteiger partial charge on any atom is 0.0537 e. The summed E-state index contributed by atoms with van der Waals surface area (Å²) in [5.74, 6) is 0.757. The highest BCUT2D eigenvalue weighted by Crippen LogP contribution is 2.21. The molecule has 80 valence electrons. The molecule has 0 saturated carbocycles. The summed E-state index contributed by atoms with van der Waals surface area (Å²) in [6.45, 7) is 4.53. The van der Waals surface area contributed by atoms with E-state index in [-0.39, 0.29) is 0 Å². The van der Waals surface area contributed by atoms with Gasteiger partial charge in [-0.1, -0.05) is 20.3 Å². The molecule has 1 N–H and O–H groups in total. The van der Waals surface area contributed by atoms with Gasteiger partial charge in [-0.2, -0.15) is 5.10 Å². The Hall–Kier alpha value is -0.830. The predicted octanol–water partition coefficient (Wildman–Crippen LogP) is 2.12. The van der Waals surface area contributed by atoms with Crippen LogP contribution in [0, 0.1) is 5.92 Å². The largest absolute Gasteiger partial charge is 0.313 e. The molecule has 0 aromatic carbocycles. The van der Waals surface area contributed by atoms with E-state index in [9.17, 15) is 0 Å². The Balaban J connectivity index is 2.62. The normalized spacial score (nSPS) is 15.4. The number of hydrogen-bond acceptors (Lipinski definition) is 2. The fourth-order valence-corrected chi connectivity index (χ4v) is 1.61. The van der Waals surface area contributed by atoms with E-state index in [4.69, 9.17) is 0 Å². The standard InChI is InChI=1S/C11H21N3/c1-5-9(2)6-11(12-3)10-7-13-14(4)8-10/h7-9,11-12H,5-6H2,1-4H3. The smallest absolute Gasteiger partial charge is 0.0537 e. The van der Waals surface area contributed by atoms with Crippen molar-refractivity contribution >= 4 is 0 Å². The summed E-state index contributed by atoms with van der Waals surface area (Å²) in [4.78, 5) is 0. The second-order valence-electron chi connectivity index (χ2n) is 4.04. The Labute approximate surface area is 86.5 Å². The summed E-state index contributed by atoms with van der Waals surface area (Å²) in [5, 5.41) is 7.54. The second-order valence-corrected chi connectivity index (χ2v) is 4.04. The van der Waals surface area contributed by atoms with E-state index in [1.54, 1.807) is 0 Å². The molecule has 0 aliphatic rings. The first-order valence-corrected chi connectivity index (χ1v) is 5.33. The zero-order chi connectivity index (χ0) is 10.6. The molecule has 2 unspecified atom stereocenters. The first kappa shape index (κ1) is 11.2. The van der Waals surface area contributed by atoms with Crippen molar-refractivity contribution in [2.45, 2.75) is 32.7 Å². The SMILES string of the molecule is CCC(C)CC(NC)c1cnn(C)c1. The van der Waals surface area contributed by atoms with Gasteiger partial charge >= 0.3 is 0 Å². The van der Waals surface area contributed by atoms with Crippen LogP contribution in [-0.4, -0.2) is 16.8 Å². The quantitative estimate of drug-likeness (QED) is 0.780. The summed E-state index contributed by atoms with van der Waals surface area (Å²) in [5.41, 5.74) is 1.29. The number of aromatic nitrogens is 2. The van der Waals surface area contributed by atoms with E-state index < -0.39 is 0 Å². The fourth-order valence-electron chi connectivity index (χ4n) is 1.61. The van der Waals surface area contributed by atoms with Crippen LogP contribution in [-0.2, 0) is 7.05 Å². The summed E-state index contributed by atoms with van der Waals surface area (Å²) in [6, 6.07) is 0.443. The van der Waals surface area contributed by atoms with Crippen molar-refractivity contribution in [2.75, 3.05) is 7.05 Å². The molecule has 1 aromatic rings. The van der Waals surface area contributed by atoms with E-state index in [0.717, 1.165) is 5.92 Å². The zero-order valence-corrected chi connectivity index (χ0v) is 9.62. The van der Waals surface area contributed by atoms with Crippen molar-refractivity contribution < 1.29 is 0 Å². The van der Waals surface area contributed by atoms with Crippen LogP contribution in [0.4, 0.5) is 0 Å². The van der Waals surface area contributed by atoms with E-state index in [1.807, 2.05) is 25.0 Å². The Morgan fingerprint density at radius 3 is 2.71 bits per heavy atom. The van der Waals surface area contributed by atoms with E-state index in [2.05, 4.69) is 30.5 Å². The Kier molecular flexibility index (Phi) is 4.14. The third kappa shape index (κ3) is 2.84. The van der Waals surface area contributed by atoms with Crippen molar-refractivity contribution in [1.29, 1.82) is 0 Å². The molecule has 0 aliphatic carbocycles. The molecule has 14 heavy (non-hydrogen) atoms. The Bertz CT molecular complexity index is 267. The van der Waals surface area contributed by atoms with Gasteiger partial charge in [0.2, 0.25) is 0 Å². The Morgan fingerprint density at radius 2 is 2.29 bits per heavy atom. The highest BCUT2D eigenvalue weighted by atomic mass is 15.2. The number of hydrogen-bond donors (Lipinski definition) is 1. The van der Waals surface area contributed by atoms with Gasteiger partial charge in [-0.3, -0.25) is 4.68 Å². The fraction of sp³-hybridized carbons (Fsp3) is 0.727. The molecule has 0 spiro atoms. The molecule has 0 radical (unpaired) electrons. The molecule has 3 nitrogen and oxygen atoms in total. The van der Waals surface area contributed by atoms with Gasteiger partial charge in [0, 0.05) is 24.8 Å². The summed E-state index contributed by atoms with van der Waals surface area (Å²) >= 11 is 0. The monoisotopic (exact) mass is 195 g/mol. The van der Waals surface area contributed by atoms with Crippen molar-refractivity contribution in [3.63, 3.8) is 0 Å². The number of nitrogens with zero attached hydrogens (tertiary/aromatic N) is 2. The highest BCUT2D eigenvalue weighted by Gasteiger charge is 2.13. The van der Waals surface area contributed by atoms with Crippen LogP contribution < -0.4 is 5.32 Å². The lowest BCUT2D eigenvalue weighted by molar-refractivity contribution is 0.422. The average molecular weight is 195 g/mol. The molecule has 3 heteroatoms. The molecule has 2 atom stereocenters. The second kappa shape index (κ2) is 5.15. The van der Waals surface area contributed by atoms with Crippen molar-refractivity contribution in [3.8, 4) is 0 Å². The van der Waals surface area contributed by atoms with E-state index >= 15 is 0 Å². The van der Waals surface area contributed by atoms with Crippen molar-refractivity contribution in [3.05, 3.63) is 18.0 Å². The average Bonchev–Trinajstić information content (AvgIpc) is 2.60. The molecule has 1 aromatic heterocycles. The molecule has 0 amide bonds. The number of nitrogens with one attached hydrogen (secondary N) is 1. The first-order chi connectivity index (χ1) is 6.67. The molecule has 1 heterocycles. The lowest BCUT2D eigenvalue weighted by Gasteiger charge is -2.18. The van der Waals surface area contributed by atoms with E-state index in [0.29, 0.717) is 6.04 Å². The Morgan fingerprint density at radius 1 is 1.57 bits per heavy atom. The molecular formula is C11H21N3. The van der Waals surface area contributed by atoms with Gasteiger partial charge in [-0.15, -0.1) is 0 Å². The zero-order valence-electron chi connectivity index (χ0n) is 9.62. The van der Waals surface area contributed by atoms with E-state index in [1.165, 1.54) is 18.4 Å². The third-order valence-corrected chi connectivity index (χ3v) is 2.81. The van der Waals surface area contributed by atoms with Crippen LogP contribution in [0.5, 0.6) is 0 Å². The molecule has 0 aliphatic heterocycles. The van der Waals surface area contributed by atoms with Gasteiger partial charge in [0.25, 0.3) is 0 Å². The minimum Gasteiger partial charge on any atom is -0.313 e. The van der Waals surface area contributed by atoms with Gasteiger partial charge in [0.15, 0.2) is 0 Å². The van der Waals surface area contributed by atoms with Crippen LogP contribution in [0.25, 0.3) is 0 Å². The maximum absolute atomic E-state index is 4.20. The van der Waals surface area contributed by atoms with Crippen LogP contribution in [0.1, 0.15) is 38.3 Å². The predicted molar refractivity (Wildman–Crippen MR) is 59.1 cm³/mol. The van der Waals surface area contributed by atoms with Crippen LogP contribution in [0.3, 0.4) is 0 Å². The van der Waals surface area contributed by atoms with Crippen LogP contribution in [0.2, 0.25) is 0 Å². The summed E-state index contributed by atoms with van der Waals surface area (Å²) < 4.78 is 1.86. The van der Waals surface area contributed by atoms with Gasteiger partial charge in [0.05, 0.1) is 6.20 Å². The topological polar surface area (TPSA) is 29.9 Å². The molecule has 0 fully saturated rings. The van der Waals surface area contributed by atoms with Crippen LogP contribution >= 0.6 is 0 Å². The molecule has 0 bridgehead atoms. The van der Waals surface area contributed by atoms with Gasteiger partial charge in [-0.05, 0) is 19.4 Å². The van der Waals surface area contributed by atoms with Crippen molar-refractivity contribution in [2.24, 2.45) is 13.0 Å². The third-order valence-electron chi connectivity index (χ3n) is 2.81. The summed E-state index contributed by atoms with van der Waals surface area (Å²) in [6.07, 6.45) is 6.45. The maximum atomic E-state index is 4.20. The van der Waals surface area contributed by atoms with Crippen molar-refractivity contribution in [1.82, 2.24) is 15.1 Å². The highest BCUT2D eigenvalue weighted by molar-refractivity contribution is 5.10.